The van der Waals surface area contributed by atoms with Crippen molar-refractivity contribution in [1.29, 1.82) is 0 Å². The van der Waals surface area contributed by atoms with Gasteiger partial charge in [0.2, 0.25) is 0 Å². The Morgan fingerprint density at radius 3 is 2.40 bits per heavy atom. The van der Waals surface area contributed by atoms with Crippen LogP contribution in [0.3, 0.4) is 0 Å². The lowest BCUT2D eigenvalue weighted by Crippen LogP contribution is -2.45. The Morgan fingerprint density at radius 1 is 1.32 bits per heavy atom. The Bertz CT molecular complexity index is 491. The van der Waals surface area contributed by atoms with Gasteiger partial charge in [0, 0.05) is 12.3 Å². The maximum Gasteiger partial charge on any atom is 0.314 e. The first-order valence-corrected chi connectivity index (χ1v) is 12.2. The van der Waals surface area contributed by atoms with Gasteiger partial charge in [0.25, 0.3) is 0 Å². The molecular weight excluding hydrogens is 336 g/mol. The summed E-state index contributed by atoms with van der Waals surface area (Å²) < 4.78 is 24.0. The summed E-state index contributed by atoms with van der Waals surface area (Å²) in [4.78, 5) is 12.7. The highest BCUT2D eigenvalue weighted by Gasteiger charge is 2.62. The van der Waals surface area contributed by atoms with Gasteiger partial charge in [-0.15, -0.1) is 6.58 Å². The van der Waals surface area contributed by atoms with Gasteiger partial charge in [-0.1, -0.05) is 26.8 Å². The molecule has 1 heterocycles. The molecule has 0 N–H and O–H groups in total. The summed E-state index contributed by atoms with van der Waals surface area (Å²) in [7, 11) is -1.99. The summed E-state index contributed by atoms with van der Waals surface area (Å²) in [5, 5.41) is 0.0955. The zero-order valence-corrected chi connectivity index (χ0v) is 17.6. The third kappa shape index (κ3) is 4.02. The summed E-state index contributed by atoms with van der Waals surface area (Å²) in [6, 6.07) is 0. The molecule has 25 heavy (non-hydrogen) atoms. The van der Waals surface area contributed by atoms with Crippen molar-refractivity contribution >= 4 is 14.3 Å². The number of rotatable bonds is 6. The van der Waals surface area contributed by atoms with Crippen LogP contribution < -0.4 is 0 Å². The summed E-state index contributed by atoms with van der Waals surface area (Å²) in [5.74, 6) is -1.67. The van der Waals surface area contributed by atoms with Gasteiger partial charge in [-0.05, 0) is 31.5 Å². The van der Waals surface area contributed by atoms with Crippen LogP contribution in [-0.2, 0) is 23.4 Å². The van der Waals surface area contributed by atoms with E-state index < -0.39 is 20.0 Å². The van der Waals surface area contributed by atoms with Gasteiger partial charge in [-0.2, -0.15) is 0 Å². The van der Waals surface area contributed by atoms with Crippen LogP contribution >= 0.6 is 0 Å². The standard InChI is InChI=1S/C19H34O5Si/c1-8-10-14-15(24-25(6,7)18(3,4)5)13-19(22-11-12-23-19)16(14)17(20)21-9-2/h8,14-16H,1,9-13H2,2-7H3/t14-,15-,16-/m0/s1. The fraction of sp³-hybridized carbons (Fsp3) is 0.842. The molecule has 1 spiro atoms. The molecule has 0 aromatic carbocycles. The van der Waals surface area contributed by atoms with Crippen LogP contribution in [0.2, 0.25) is 18.1 Å². The fourth-order valence-electron chi connectivity index (χ4n) is 3.62. The third-order valence-corrected chi connectivity index (χ3v) is 10.4. The highest BCUT2D eigenvalue weighted by molar-refractivity contribution is 6.74. The van der Waals surface area contributed by atoms with Crippen molar-refractivity contribution in [1.82, 2.24) is 0 Å². The molecule has 0 radical (unpaired) electrons. The fourth-order valence-corrected chi connectivity index (χ4v) is 4.99. The second kappa shape index (κ2) is 7.51. The first-order valence-electron chi connectivity index (χ1n) is 9.31. The number of hydrogen-bond acceptors (Lipinski definition) is 5. The average molecular weight is 371 g/mol. The molecule has 0 aromatic rings. The molecule has 1 aliphatic heterocycles. The van der Waals surface area contributed by atoms with Crippen LogP contribution in [-0.4, -0.2) is 46.0 Å². The van der Waals surface area contributed by atoms with Crippen LogP contribution in [0, 0.1) is 11.8 Å². The average Bonchev–Trinajstić information content (AvgIpc) is 3.04. The number of allylic oxidation sites excluding steroid dienone is 1. The Kier molecular flexibility index (Phi) is 6.19. The van der Waals surface area contributed by atoms with Crippen LogP contribution in [0.5, 0.6) is 0 Å². The van der Waals surface area contributed by atoms with Gasteiger partial charge in [-0.3, -0.25) is 4.79 Å². The highest BCUT2D eigenvalue weighted by atomic mass is 28.4. The first kappa shape index (κ1) is 20.6. The molecule has 1 saturated carbocycles. The van der Waals surface area contributed by atoms with Crippen LogP contribution in [0.4, 0.5) is 0 Å². The number of esters is 1. The zero-order chi connectivity index (χ0) is 18.9. The van der Waals surface area contributed by atoms with E-state index >= 15 is 0 Å². The van der Waals surface area contributed by atoms with Gasteiger partial charge in [0.15, 0.2) is 14.1 Å². The predicted molar refractivity (Wildman–Crippen MR) is 99.7 cm³/mol. The van der Waals surface area contributed by atoms with Crippen molar-refractivity contribution in [2.24, 2.45) is 11.8 Å². The Balaban J connectivity index is 2.33. The highest BCUT2D eigenvalue weighted by Crippen LogP contribution is 2.51. The van der Waals surface area contributed by atoms with Crippen molar-refractivity contribution in [3.8, 4) is 0 Å². The monoisotopic (exact) mass is 370 g/mol. The molecule has 144 valence electrons. The second-order valence-corrected chi connectivity index (χ2v) is 13.3. The minimum atomic E-state index is -1.99. The summed E-state index contributed by atoms with van der Waals surface area (Å²) in [5.41, 5.74) is 0. The normalized spacial score (nSPS) is 29.1. The van der Waals surface area contributed by atoms with E-state index in [0.717, 1.165) is 0 Å². The van der Waals surface area contributed by atoms with E-state index in [1.807, 2.05) is 13.0 Å². The van der Waals surface area contributed by atoms with E-state index in [-0.39, 0.29) is 23.0 Å². The smallest absolute Gasteiger partial charge is 0.314 e. The number of ether oxygens (including phenoxy) is 3. The zero-order valence-electron chi connectivity index (χ0n) is 16.6. The van der Waals surface area contributed by atoms with Gasteiger partial charge >= 0.3 is 5.97 Å². The van der Waals surface area contributed by atoms with Gasteiger partial charge in [-0.25, -0.2) is 0 Å². The Labute approximate surface area is 153 Å². The SMILES string of the molecule is C=CC[C@H]1[C@@H](O[Si](C)(C)C(C)(C)C)CC2(OCCO2)[C@@H]1C(=O)OCC. The lowest BCUT2D eigenvalue weighted by molar-refractivity contribution is -0.203. The molecule has 0 amide bonds. The molecule has 2 fully saturated rings. The van der Waals surface area contributed by atoms with Crippen LogP contribution in [0.1, 0.15) is 40.5 Å². The molecule has 5 nitrogen and oxygen atoms in total. The first-order chi connectivity index (χ1) is 11.6. The van der Waals surface area contributed by atoms with Crippen LogP contribution in [0.15, 0.2) is 12.7 Å². The molecule has 3 atom stereocenters. The van der Waals surface area contributed by atoms with Crippen molar-refractivity contribution in [2.75, 3.05) is 19.8 Å². The molecular formula is C19H34O5Si. The largest absolute Gasteiger partial charge is 0.466 e. The van der Waals surface area contributed by atoms with Gasteiger partial charge in [0.1, 0.15) is 5.92 Å². The molecule has 6 heteroatoms. The topological polar surface area (TPSA) is 54.0 Å². The summed E-state index contributed by atoms with van der Waals surface area (Å²) in [6.45, 7) is 18.2. The van der Waals surface area contributed by atoms with Crippen molar-refractivity contribution in [2.45, 2.75) is 70.6 Å². The predicted octanol–water partition coefficient (Wildman–Crippen LogP) is 3.90. The number of carbonyl (C=O) groups excluding carboxylic acids is 1. The van der Waals surface area contributed by atoms with E-state index in [9.17, 15) is 4.79 Å². The van der Waals surface area contributed by atoms with E-state index in [1.54, 1.807) is 0 Å². The van der Waals surface area contributed by atoms with Crippen molar-refractivity contribution in [3.63, 3.8) is 0 Å². The minimum Gasteiger partial charge on any atom is -0.466 e. The van der Waals surface area contributed by atoms with Gasteiger partial charge < -0.3 is 18.6 Å². The van der Waals surface area contributed by atoms with Crippen LogP contribution in [0.25, 0.3) is 0 Å². The molecule has 1 aliphatic carbocycles. The van der Waals surface area contributed by atoms with Gasteiger partial charge in [0.05, 0.1) is 25.9 Å². The molecule has 2 aliphatic rings. The quantitative estimate of drug-likeness (QED) is 0.403. The summed E-state index contributed by atoms with van der Waals surface area (Å²) >= 11 is 0. The third-order valence-electron chi connectivity index (χ3n) is 5.87. The number of carbonyl (C=O) groups is 1. The Hall–Kier alpha value is -0.693. The van der Waals surface area contributed by atoms with Crippen molar-refractivity contribution < 1.29 is 23.4 Å². The van der Waals surface area contributed by atoms with E-state index in [0.29, 0.717) is 32.7 Å². The number of hydrogen-bond donors (Lipinski definition) is 0. The second-order valence-electron chi connectivity index (χ2n) is 8.55. The maximum atomic E-state index is 12.7. The molecule has 2 rings (SSSR count). The molecule has 0 bridgehead atoms. The van der Waals surface area contributed by atoms with Crippen molar-refractivity contribution in [3.05, 3.63) is 12.7 Å². The lowest BCUT2D eigenvalue weighted by atomic mass is 9.89. The summed E-state index contributed by atoms with van der Waals surface area (Å²) in [6.07, 6.45) is 3.01. The molecule has 1 saturated heterocycles. The minimum absolute atomic E-state index is 0.0382. The van der Waals surface area contributed by atoms with E-state index in [1.165, 1.54) is 0 Å². The Morgan fingerprint density at radius 2 is 1.92 bits per heavy atom. The van der Waals surface area contributed by atoms with E-state index in [2.05, 4.69) is 40.4 Å². The van der Waals surface area contributed by atoms with E-state index in [4.69, 9.17) is 18.6 Å². The maximum absolute atomic E-state index is 12.7. The molecule has 0 aromatic heterocycles. The lowest BCUT2D eigenvalue weighted by Gasteiger charge is -2.40. The molecule has 0 unspecified atom stereocenters.